The molecule has 0 heterocycles. The quantitative estimate of drug-likeness (QED) is 0.834. The Bertz CT molecular complexity index is 465. The number of hydrogen-bond donors (Lipinski definition) is 1. The van der Waals surface area contributed by atoms with Gasteiger partial charge in [-0.2, -0.15) is 0 Å². The first-order valence-corrected chi connectivity index (χ1v) is 6.41. The smallest absolute Gasteiger partial charge is 0.306 e. The van der Waals surface area contributed by atoms with Gasteiger partial charge in [-0.15, -0.1) is 0 Å². The van der Waals surface area contributed by atoms with E-state index in [1.165, 1.54) is 0 Å². The van der Waals surface area contributed by atoms with Gasteiger partial charge in [0.05, 0.1) is 5.92 Å². The van der Waals surface area contributed by atoms with Crippen LogP contribution < -0.4 is 0 Å². The van der Waals surface area contributed by atoms with Gasteiger partial charge in [-0.05, 0) is 32.3 Å². The van der Waals surface area contributed by atoms with Gasteiger partial charge in [0, 0.05) is 11.5 Å². The first-order valence-electron chi connectivity index (χ1n) is 6.41. The summed E-state index contributed by atoms with van der Waals surface area (Å²) >= 11 is 0. The Morgan fingerprint density at radius 3 is 2.61 bits per heavy atom. The molecule has 1 aliphatic rings. The molecule has 2 unspecified atom stereocenters. The summed E-state index contributed by atoms with van der Waals surface area (Å²) in [4.78, 5) is 23.3. The van der Waals surface area contributed by atoms with Crippen molar-refractivity contribution in [2.45, 2.75) is 32.6 Å². The second-order valence-electron chi connectivity index (χ2n) is 5.13. The number of benzene rings is 1. The van der Waals surface area contributed by atoms with Crippen molar-refractivity contribution in [1.82, 2.24) is 0 Å². The molecule has 1 aliphatic carbocycles. The van der Waals surface area contributed by atoms with Crippen LogP contribution in [0.4, 0.5) is 0 Å². The molecule has 1 fully saturated rings. The SMILES string of the molecule is Cc1cccc(C(=O)C2CCCC(C(=O)O)C2)c1. The average molecular weight is 246 g/mol. The third-order valence-electron chi connectivity index (χ3n) is 3.70. The summed E-state index contributed by atoms with van der Waals surface area (Å²) in [5.74, 6) is -1.14. The minimum atomic E-state index is -0.767. The molecule has 1 N–H and O–H groups in total. The van der Waals surface area contributed by atoms with Gasteiger partial charge in [0.2, 0.25) is 0 Å². The maximum absolute atomic E-state index is 12.3. The summed E-state index contributed by atoms with van der Waals surface area (Å²) in [6.07, 6.45) is 2.84. The topological polar surface area (TPSA) is 54.4 Å². The van der Waals surface area contributed by atoms with Gasteiger partial charge in [-0.25, -0.2) is 0 Å². The largest absolute Gasteiger partial charge is 0.481 e. The van der Waals surface area contributed by atoms with Crippen molar-refractivity contribution >= 4 is 11.8 Å². The molecule has 0 amide bonds. The Morgan fingerprint density at radius 2 is 1.94 bits per heavy atom. The lowest BCUT2D eigenvalue weighted by Gasteiger charge is -2.25. The monoisotopic (exact) mass is 246 g/mol. The first-order chi connectivity index (χ1) is 8.58. The van der Waals surface area contributed by atoms with Crippen LogP contribution in [-0.4, -0.2) is 16.9 Å². The van der Waals surface area contributed by atoms with Crippen molar-refractivity contribution in [1.29, 1.82) is 0 Å². The molecule has 0 bridgehead atoms. The lowest BCUT2D eigenvalue weighted by Crippen LogP contribution is -2.27. The Balaban J connectivity index is 2.11. The van der Waals surface area contributed by atoms with Gasteiger partial charge in [-0.1, -0.05) is 30.2 Å². The van der Waals surface area contributed by atoms with Gasteiger partial charge in [-0.3, -0.25) is 9.59 Å². The van der Waals surface area contributed by atoms with E-state index in [2.05, 4.69) is 0 Å². The van der Waals surface area contributed by atoms with Crippen LogP contribution in [0.2, 0.25) is 0 Å². The molecule has 18 heavy (non-hydrogen) atoms. The number of aryl methyl sites for hydroxylation is 1. The number of hydrogen-bond acceptors (Lipinski definition) is 2. The molecule has 0 spiro atoms. The molecule has 2 rings (SSSR count). The highest BCUT2D eigenvalue weighted by atomic mass is 16.4. The fraction of sp³-hybridized carbons (Fsp3) is 0.467. The van der Waals surface area contributed by atoms with Gasteiger partial charge in [0.1, 0.15) is 0 Å². The van der Waals surface area contributed by atoms with E-state index < -0.39 is 5.97 Å². The van der Waals surface area contributed by atoms with E-state index in [9.17, 15) is 9.59 Å². The maximum Gasteiger partial charge on any atom is 0.306 e. The van der Waals surface area contributed by atoms with Gasteiger partial charge in [0.15, 0.2) is 5.78 Å². The number of Topliss-reactive ketones (excluding diaryl/α,β-unsaturated/α-hetero) is 1. The second kappa shape index (κ2) is 5.34. The zero-order chi connectivity index (χ0) is 13.1. The fourth-order valence-electron chi connectivity index (χ4n) is 2.69. The van der Waals surface area contributed by atoms with Crippen molar-refractivity contribution in [3.05, 3.63) is 35.4 Å². The minimum Gasteiger partial charge on any atom is -0.481 e. The molecule has 0 radical (unpaired) electrons. The lowest BCUT2D eigenvalue weighted by molar-refractivity contribution is -0.143. The van der Waals surface area contributed by atoms with Crippen molar-refractivity contribution in [3.8, 4) is 0 Å². The molecule has 1 aromatic rings. The number of carbonyl (C=O) groups excluding carboxylic acids is 1. The second-order valence-corrected chi connectivity index (χ2v) is 5.13. The predicted octanol–water partition coefficient (Wildman–Crippen LogP) is 3.07. The molecule has 2 atom stereocenters. The number of ketones is 1. The van der Waals surface area contributed by atoms with E-state index in [1.807, 2.05) is 31.2 Å². The molecule has 0 saturated heterocycles. The third kappa shape index (κ3) is 2.78. The fourth-order valence-corrected chi connectivity index (χ4v) is 2.69. The lowest BCUT2D eigenvalue weighted by atomic mass is 9.78. The van der Waals surface area contributed by atoms with Gasteiger partial charge >= 0.3 is 5.97 Å². The zero-order valence-electron chi connectivity index (χ0n) is 10.6. The molecular formula is C15H18O3. The first kappa shape index (κ1) is 12.8. The van der Waals surface area contributed by atoms with Crippen LogP contribution in [0, 0.1) is 18.8 Å². The predicted molar refractivity (Wildman–Crippen MR) is 68.6 cm³/mol. The van der Waals surface area contributed by atoms with Crippen LogP contribution in [-0.2, 0) is 4.79 Å². The highest BCUT2D eigenvalue weighted by Crippen LogP contribution is 2.31. The highest BCUT2D eigenvalue weighted by molar-refractivity contribution is 5.98. The van der Waals surface area contributed by atoms with Crippen LogP contribution in [0.25, 0.3) is 0 Å². The third-order valence-corrected chi connectivity index (χ3v) is 3.70. The standard InChI is InChI=1S/C15H18O3/c1-10-4-2-5-11(8-10)14(16)12-6-3-7-13(9-12)15(17)18/h2,4-5,8,12-13H,3,6-7,9H2,1H3,(H,17,18). The Hall–Kier alpha value is -1.64. The number of rotatable bonds is 3. The number of aliphatic carboxylic acids is 1. The van der Waals surface area contributed by atoms with Gasteiger partial charge < -0.3 is 5.11 Å². The number of carbonyl (C=O) groups is 2. The van der Waals surface area contributed by atoms with E-state index in [4.69, 9.17) is 5.11 Å². The Labute approximate surface area is 107 Å². The van der Waals surface area contributed by atoms with E-state index >= 15 is 0 Å². The number of carboxylic acids is 1. The van der Waals surface area contributed by atoms with Crippen molar-refractivity contribution in [3.63, 3.8) is 0 Å². The summed E-state index contributed by atoms with van der Waals surface area (Å²) in [6, 6.07) is 7.53. The molecule has 3 heteroatoms. The van der Waals surface area contributed by atoms with Crippen LogP contribution >= 0.6 is 0 Å². The van der Waals surface area contributed by atoms with E-state index in [-0.39, 0.29) is 17.6 Å². The van der Waals surface area contributed by atoms with Crippen molar-refractivity contribution in [2.24, 2.45) is 11.8 Å². The average Bonchev–Trinajstić information content (AvgIpc) is 2.38. The van der Waals surface area contributed by atoms with Crippen LogP contribution in [0.1, 0.15) is 41.6 Å². The van der Waals surface area contributed by atoms with E-state index in [1.54, 1.807) is 0 Å². The van der Waals surface area contributed by atoms with Crippen LogP contribution in [0.15, 0.2) is 24.3 Å². The van der Waals surface area contributed by atoms with Crippen molar-refractivity contribution in [2.75, 3.05) is 0 Å². The van der Waals surface area contributed by atoms with Crippen LogP contribution in [0.3, 0.4) is 0 Å². The highest BCUT2D eigenvalue weighted by Gasteiger charge is 2.31. The maximum atomic E-state index is 12.3. The molecule has 96 valence electrons. The summed E-state index contributed by atoms with van der Waals surface area (Å²) in [5.41, 5.74) is 1.78. The van der Waals surface area contributed by atoms with Crippen molar-refractivity contribution < 1.29 is 14.7 Å². The van der Waals surface area contributed by atoms with Crippen LogP contribution in [0.5, 0.6) is 0 Å². The molecule has 3 nitrogen and oxygen atoms in total. The zero-order valence-corrected chi connectivity index (χ0v) is 10.6. The summed E-state index contributed by atoms with van der Waals surface area (Å²) < 4.78 is 0. The molecule has 0 aromatic heterocycles. The molecular weight excluding hydrogens is 228 g/mol. The molecule has 1 aromatic carbocycles. The Morgan fingerprint density at radius 1 is 1.22 bits per heavy atom. The Kier molecular flexibility index (Phi) is 3.80. The number of carboxylic acid groups (broad SMARTS) is 1. The normalized spacial score (nSPS) is 23.6. The summed E-state index contributed by atoms with van der Waals surface area (Å²) in [6.45, 7) is 1.96. The molecule has 1 saturated carbocycles. The minimum absolute atomic E-state index is 0.102. The summed E-state index contributed by atoms with van der Waals surface area (Å²) in [5, 5.41) is 9.04. The van der Waals surface area contributed by atoms with E-state index in [0.717, 1.165) is 18.4 Å². The molecule has 0 aliphatic heterocycles. The van der Waals surface area contributed by atoms with Gasteiger partial charge in [0.25, 0.3) is 0 Å². The van der Waals surface area contributed by atoms with E-state index in [0.29, 0.717) is 18.4 Å². The summed E-state index contributed by atoms with van der Waals surface area (Å²) in [7, 11) is 0.